The Balaban J connectivity index is 2.33. The van der Waals surface area contributed by atoms with Crippen molar-refractivity contribution < 1.29 is 23.7 Å². The molecule has 2 aromatic rings. The molecule has 0 saturated carbocycles. The third-order valence-corrected chi connectivity index (χ3v) is 4.12. The van der Waals surface area contributed by atoms with E-state index < -0.39 is 0 Å². The van der Waals surface area contributed by atoms with E-state index in [4.69, 9.17) is 18.9 Å². The normalized spacial score (nSPS) is 11.0. The van der Waals surface area contributed by atoms with E-state index >= 15 is 0 Å². The first-order valence-corrected chi connectivity index (χ1v) is 9.28. The van der Waals surface area contributed by atoms with Crippen molar-refractivity contribution in [2.24, 2.45) is 0 Å². The van der Waals surface area contributed by atoms with Crippen molar-refractivity contribution >= 4 is 11.9 Å². The third kappa shape index (κ3) is 5.06. The molecule has 150 valence electrons. The first-order chi connectivity index (χ1) is 13.4. The fourth-order valence-electron chi connectivity index (χ4n) is 2.90. The zero-order valence-corrected chi connectivity index (χ0v) is 17.4. The van der Waals surface area contributed by atoms with Gasteiger partial charge in [-0.05, 0) is 64.1 Å². The molecule has 5 heteroatoms. The van der Waals surface area contributed by atoms with Crippen LogP contribution in [-0.4, -0.2) is 32.7 Å². The second-order valence-electron chi connectivity index (χ2n) is 6.47. The van der Waals surface area contributed by atoms with Gasteiger partial charge in [-0.25, -0.2) is 0 Å². The van der Waals surface area contributed by atoms with Gasteiger partial charge in [0.05, 0.1) is 32.5 Å². The summed E-state index contributed by atoms with van der Waals surface area (Å²) in [6.45, 7) is 8.15. The van der Waals surface area contributed by atoms with Crippen molar-refractivity contribution in [1.82, 2.24) is 0 Å². The SMILES string of the molecule is CCOc1cc(OC(C)C)ccc1C(=O)/C=C/c1ccc(OC)c(C)c1OC. The van der Waals surface area contributed by atoms with Crippen LogP contribution in [0.4, 0.5) is 0 Å². The summed E-state index contributed by atoms with van der Waals surface area (Å²) < 4.78 is 22.2. The number of rotatable bonds is 9. The van der Waals surface area contributed by atoms with Crippen LogP contribution in [0.1, 0.15) is 42.3 Å². The maximum absolute atomic E-state index is 12.8. The van der Waals surface area contributed by atoms with Gasteiger partial charge in [-0.3, -0.25) is 4.79 Å². The Morgan fingerprint density at radius 2 is 1.82 bits per heavy atom. The van der Waals surface area contributed by atoms with Gasteiger partial charge in [0.15, 0.2) is 5.78 Å². The fourth-order valence-corrected chi connectivity index (χ4v) is 2.90. The third-order valence-electron chi connectivity index (χ3n) is 4.12. The molecule has 0 aromatic heterocycles. The number of hydrogen-bond donors (Lipinski definition) is 0. The maximum Gasteiger partial charge on any atom is 0.189 e. The molecule has 0 heterocycles. The lowest BCUT2D eigenvalue weighted by Crippen LogP contribution is -2.07. The molecule has 2 rings (SSSR count). The van der Waals surface area contributed by atoms with Crippen molar-refractivity contribution in [3.8, 4) is 23.0 Å². The molecule has 0 aliphatic rings. The summed E-state index contributed by atoms with van der Waals surface area (Å²) in [5.41, 5.74) is 2.16. The number of hydrogen-bond acceptors (Lipinski definition) is 5. The quantitative estimate of drug-likeness (QED) is 0.445. The predicted molar refractivity (Wildman–Crippen MR) is 111 cm³/mol. The van der Waals surface area contributed by atoms with Gasteiger partial charge in [-0.15, -0.1) is 0 Å². The summed E-state index contributed by atoms with van der Waals surface area (Å²) in [4.78, 5) is 12.8. The van der Waals surface area contributed by atoms with E-state index in [1.165, 1.54) is 6.08 Å². The number of ketones is 1. The lowest BCUT2D eigenvalue weighted by molar-refractivity contribution is 0.104. The van der Waals surface area contributed by atoms with Crippen LogP contribution >= 0.6 is 0 Å². The van der Waals surface area contributed by atoms with Crippen LogP contribution in [0, 0.1) is 6.92 Å². The van der Waals surface area contributed by atoms with Crippen LogP contribution in [0.25, 0.3) is 6.08 Å². The van der Waals surface area contributed by atoms with E-state index in [0.717, 1.165) is 16.9 Å². The standard InChI is InChI=1S/C23H28O5/c1-7-27-22-14-18(28-15(2)3)10-11-19(22)20(24)12-8-17-9-13-21(25-5)16(4)23(17)26-6/h8-15H,7H2,1-6H3/b12-8+. The molecule has 0 fully saturated rings. The molecule has 0 saturated heterocycles. The number of benzene rings is 2. The van der Waals surface area contributed by atoms with Gasteiger partial charge in [0, 0.05) is 17.2 Å². The highest BCUT2D eigenvalue weighted by Crippen LogP contribution is 2.32. The monoisotopic (exact) mass is 384 g/mol. The number of carbonyl (C=O) groups excluding carboxylic acids is 1. The molecule has 0 amide bonds. The Hall–Kier alpha value is -2.95. The van der Waals surface area contributed by atoms with Gasteiger partial charge in [-0.2, -0.15) is 0 Å². The lowest BCUT2D eigenvalue weighted by atomic mass is 10.0. The molecule has 0 aliphatic carbocycles. The zero-order valence-electron chi connectivity index (χ0n) is 17.4. The van der Waals surface area contributed by atoms with Crippen molar-refractivity contribution in [2.45, 2.75) is 33.8 Å². The Bertz CT molecular complexity index is 852. The zero-order chi connectivity index (χ0) is 20.7. The molecule has 0 bridgehead atoms. The van der Waals surface area contributed by atoms with E-state index in [1.54, 1.807) is 38.5 Å². The number of allylic oxidation sites excluding steroid dienone is 1. The van der Waals surface area contributed by atoms with Crippen LogP contribution in [0.3, 0.4) is 0 Å². The molecule has 0 aliphatic heterocycles. The van der Waals surface area contributed by atoms with Crippen molar-refractivity contribution in [3.63, 3.8) is 0 Å². The summed E-state index contributed by atoms with van der Waals surface area (Å²) in [5, 5.41) is 0. The first kappa shape index (κ1) is 21.4. The van der Waals surface area contributed by atoms with Crippen LogP contribution < -0.4 is 18.9 Å². The number of carbonyl (C=O) groups is 1. The average Bonchev–Trinajstić information content (AvgIpc) is 2.66. The van der Waals surface area contributed by atoms with E-state index in [9.17, 15) is 4.79 Å². The van der Waals surface area contributed by atoms with Crippen LogP contribution in [0.5, 0.6) is 23.0 Å². The largest absolute Gasteiger partial charge is 0.496 e. The second-order valence-corrected chi connectivity index (χ2v) is 6.47. The first-order valence-electron chi connectivity index (χ1n) is 9.28. The summed E-state index contributed by atoms with van der Waals surface area (Å²) >= 11 is 0. The van der Waals surface area contributed by atoms with Crippen LogP contribution in [0.2, 0.25) is 0 Å². The molecule has 0 unspecified atom stereocenters. The predicted octanol–water partition coefficient (Wildman–Crippen LogP) is 5.09. The molecule has 0 spiro atoms. The smallest absolute Gasteiger partial charge is 0.189 e. The summed E-state index contributed by atoms with van der Waals surface area (Å²) in [6.07, 6.45) is 3.30. The molecule has 28 heavy (non-hydrogen) atoms. The van der Waals surface area contributed by atoms with Crippen LogP contribution in [-0.2, 0) is 0 Å². The highest BCUT2D eigenvalue weighted by atomic mass is 16.5. The van der Waals surface area contributed by atoms with E-state index in [2.05, 4.69) is 0 Å². The highest BCUT2D eigenvalue weighted by Gasteiger charge is 2.14. The number of methoxy groups -OCH3 is 2. The van der Waals surface area contributed by atoms with Gasteiger partial charge in [-0.1, -0.05) is 0 Å². The minimum atomic E-state index is -0.157. The average molecular weight is 384 g/mol. The molecule has 0 radical (unpaired) electrons. The summed E-state index contributed by atoms with van der Waals surface area (Å²) in [6, 6.07) is 8.97. The van der Waals surface area contributed by atoms with Gasteiger partial charge in [0.1, 0.15) is 23.0 Å². The van der Waals surface area contributed by atoms with Crippen LogP contribution in [0.15, 0.2) is 36.4 Å². The van der Waals surface area contributed by atoms with E-state index in [-0.39, 0.29) is 11.9 Å². The maximum atomic E-state index is 12.8. The molecular weight excluding hydrogens is 356 g/mol. The second kappa shape index (κ2) is 9.83. The van der Waals surface area contributed by atoms with Crippen molar-refractivity contribution in [2.75, 3.05) is 20.8 Å². The Labute approximate surface area is 166 Å². The molecule has 2 aromatic carbocycles. The fraction of sp³-hybridized carbons (Fsp3) is 0.348. The van der Waals surface area contributed by atoms with E-state index in [0.29, 0.717) is 29.4 Å². The minimum Gasteiger partial charge on any atom is -0.496 e. The summed E-state index contributed by atoms with van der Waals surface area (Å²) in [5.74, 6) is 2.43. The van der Waals surface area contributed by atoms with Gasteiger partial charge < -0.3 is 18.9 Å². The Kier molecular flexibility index (Phi) is 7.50. The van der Waals surface area contributed by atoms with E-state index in [1.807, 2.05) is 39.8 Å². The Morgan fingerprint density at radius 1 is 1.07 bits per heavy atom. The summed E-state index contributed by atoms with van der Waals surface area (Å²) in [7, 11) is 3.21. The Morgan fingerprint density at radius 3 is 2.43 bits per heavy atom. The van der Waals surface area contributed by atoms with Gasteiger partial charge >= 0.3 is 0 Å². The molecular formula is C23H28O5. The highest BCUT2D eigenvalue weighted by molar-refractivity contribution is 6.08. The lowest BCUT2D eigenvalue weighted by Gasteiger charge is -2.14. The van der Waals surface area contributed by atoms with Gasteiger partial charge in [0.2, 0.25) is 0 Å². The van der Waals surface area contributed by atoms with Crippen molar-refractivity contribution in [1.29, 1.82) is 0 Å². The molecule has 0 atom stereocenters. The van der Waals surface area contributed by atoms with Crippen molar-refractivity contribution in [3.05, 3.63) is 53.1 Å². The topological polar surface area (TPSA) is 54.0 Å². The minimum absolute atomic E-state index is 0.0432. The molecule has 5 nitrogen and oxygen atoms in total. The molecule has 0 N–H and O–H groups in total. The van der Waals surface area contributed by atoms with Gasteiger partial charge in [0.25, 0.3) is 0 Å². The number of ether oxygens (including phenoxy) is 4.